The van der Waals surface area contributed by atoms with E-state index in [1.54, 1.807) is 24.3 Å². The summed E-state index contributed by atoms with van der Waals surface area (Å²) in [5, 5.41) is 19.1. The third-order valence-electron chi connectivity index (χ3n) is 9.61. The Labute approximate surface area is 356 Å². The molecular weight excluding hydrogens is 773 g/mol. The van der Waals surface area contributed by atoms with E-state index in [2.05, 4.69) is 75.5 Å². The fourth-order valence-electron chi connectivity index (χ4n) is 5.80. The summed E-state index contributed by atoms with van der Waals surface area (Å²) in [4.78, 5) is 51.8. The summed E-state index contributed by atoms with van der Waals surface area (Å²) in [6.45, 7) is 13.7. The van der Waals surface area contributed by atoms with E-state index in [9.17, 15) is 29.7 Å². The van der Waals surface area contributed by atoms with Gasteiger partial charge >= 0.3 is 23.9 Å². The molecule has 0 radical (unpaired) electrons. The first-order valence-corrected chi connectivity index (χ1v) is 19.2. The first-order chi connectivity index (χ1) is 29.0. The number of nitrogens with zero attached hydrogens (tertiary/aromatic N) is 4. The Hall–Kier alpha value is -7.70. The SMILES string of the molecule is C=C(C)C(=O)OCCOC(=O)C(C#N)=Cc1ccc(N(C)c2ccc(C(C)(C)c3ccc(N(C)c4ccc(C=C(C#N)C(=O)OCCOC(=O)C(=C)C)cc4)cc3)cc2)cc1. The zero-order valence-corrected chi connectivity index (χ0v) is 35.2. The Morgan fingerprint density at radius 1 is 0.525 bits per heavy atom. The number of nitriles is 2. The first-order valence-electron chi connectivity index (χ1n) is 19.2. The minimum atomic E-state index is -0.811. The third kappa shape index (κ3) is 12.6. The van der Waals surface area contributed by atoms with Crippen molar-refractivity contribution in [3.8, 4) is 12.1 Å². The van der Waals surface area contributed by atoms with Gasteiger partial charge in [-0.25, -0.2) is 19.2 Å². The molecule has 12 nitrogen and oxygen atoms in total. The van der Waals surface area contributed by atoms with Crippen LogP contribution in [-0.2, 0) is 43.5 Å². The zero-order valence-electron chi connectivity index (χ0n) is 35.2. The molecule has 0 aliphatic rings. The number of anilines is 4. The van der Waals surface area contributed by atoms with Crippen LogP contribution in [0.25, 0.3) is 12.2 Å². The summed E-state index contributed by atoms with van der Waals surface area (Å²) in [5.41, 5.74) is 7.10. The number of ether oxygens (including phenoxy) is 4. The molecule has 0 aromatic heterocycles. The van der Waals surface area contributed by atoms with Gasteiger partial charge in [-0.2, -0.15) is 10.5 Å². The van der Waals surface area contributed by atoms with Crippen LogP contribution < -0.4 is 9.80 Å². The van der Waals surface area contributed by atoms with Gasteiger partial charge in [0, 0.05) is 53.4 Å². The van der Waals surface area contributed by atoms with E-state index in [1.807, 2.05) is 60.3 Å². The number of benzene rings is 4. The lowest BCUT2D eigenvalue weighted by Gasteiger charge is -2.28. The van der Waals surface area contributed by atoms with E-state index in [-0.39, 0.29) is 54.1 Å². The fraction of sp³-hybridized carbons (Fsp3) is 0.224. The summed E-state index contributed by atoms with van der Waals surface area (Å²) in [6, 6.07) is 35.3. The Morgan fingerprint density at radius 2 is 0.787 bits per heavy atom. The molecule has 0 amide bonds. The maximum Gasteiger partial charge on any atom is 0.349 e. The van der Waals surface area contributed by atoms with Crippen molar-refractivity contribution in [2.45, 2.75) is 33.1 Å². The van der Waals surface area contributed by atoms with Gasteiger partial charge < -0.3 is 28.7 Å². The highest BCUT2D eigenvalue weighted by Gasteiger charge is 2.24. The molecule has 0 atom stereocenters. The number of hydrogen-bond donors (Lipinski definition) is 0. The number of esters is 4. The lowest BCUT2D eigenvalue weighted by atomic mass is 9.78. The molecule has 0 fully saturated rings. The maximum absolute atomic E-state index is 12.4. The van der Waals surface area contributed by atoms with Gasteiger partial charge in [0.15, 0.2) is 0 Å². The quantitative estimate of drug-likeness (QED) is 0.0310. The van der Waals surface area contributed by atoms with Gasteiger partial charge in [-0.15, -0.1) is 0 Å². The average Bonchev–Trinajstić information content (AvgIpc) is 3.27. The third-order valence-corrected chi connectivity index (χ3v) is 9.61. The lowest BCUT2D eigenvalue weighted by Crippen LogP contribution is -2.19. The van der Waals surface area contributed by atoms with Crippen LogP contribution in [0.15, 0.2) is 133 Å². The second-order valence-corrected chi connectivity index (χ2v) is 14.5. The molecule has 4 aromatic carbocycles. The standard InChI is InChI=1S/C49H48N4O8/c1-33(2)45(54)58-25-27-60-47(56)37(31-50)29-35-9-17-41(18-10-35)52(7)43-21-13-39(14-22-43)49(5,6)40-15-23-44(24-16-40)53(8)42-19-11-36(12-20-42)30-38(32-51)48(57)61-28-26-59-46(55)34(3)4/h9-24,29-30H,1,3,25-28H2,2,4-8H3. The highest BCUT2D eigenvalue weighted by atomic mass is 16.6. The van der Waals surface area contributed by atoms with E-state index in [1.165, 1.54) is 26.0 Å². The van der Waals surface area contributed by atoms with Gasteiger partial charge in [0.1, 0.15) is 49.7 Å². The van der Waals surface area contributed by atoms with E-state index in [0.717, 1.165) is 33.9 Å². The molecule has 61 heavy (non-hydrogen) atoms. The van der Waals surface area contributed by atoms with Gasteiger partial charge in [-0.3, -0.25) is 0 Å². The number of carbonyl (C=O) groups is 4. The molecule has 0 bridgehead atoms. The number of carbonyl (C=O) groups excluding carboxylic acids is 4. The van der Waals surface area contributed by atoms with Crippen LogP contribution in [0.3, 0.4) is 0 Å². The predicted octanol–water partition coefficient (Wildman–Crippen LogP) is 8.69. The van der Waals surface area contributed by atoms with Crippen LogP contribution in [0.2, 0.25) is 0 Å². The highest BCUT2D eigenvalue weighted by molar-refractivity contribution is 5.98. The topological polar surface area (TPSA) is 159 Å². The molecule has 0 aliphatic heterocycles. The maximum atomic E-state index is 12.4. The fourth-order valence-corrected chi connectivity index (χ4v) is 5.80. The van der Waals surface area contributed by atoms with Crippen molar-refractivity contribution in [3.63, 3.8) is 0 Å². The van der Waals surface area contributed by atoms with Gasteiger partial charge in [-0.1, -0.05) is 75.5 Å². The van der Waals surface area contributed by atoms with E-state index < -0.39 is 23.9 Å². The number of hydrogen-bond acceptors (Lipinski definition) is 12. The smallest absolute Gasteiger partial charge is 0.349 e. The van der Waals surface area contributed by atoms with Crippen LogP contribution >= 0.6 is 0 Å². The Morgan fingerprint density at radius 3 is 1.05 bits per heavy atom. The summed E-state index contributed by atoms with van der Waals surface area (Å²) in [5.74, 6) is -2.79. The molecule has 0 spiro atoms. The minimum Gasteiger partial charge on any atom is -0.459 e. The van der Waals surface area contributed by atoms with Crippen molar-refractivity contribution in [1.82, 2.24) is 0 Å². The molecule has 0 unspecified atom stereocenters. The van der Waals surface area contributed by atoms with Crippen LogP contribution in [0.5, 0.6) is 0 Å². The van der Waals surface area contributed by atoms with Crippen molar-refractivity contribution < 1.29 is 38.1 Å². The van der Waals surface area contributed by atoms with Crippen LogP contribution in [-0.4, -0.2) is 64.4 Å². The normalized spacial score (nSPS) is 11.3. The molecule has 4 rings (SSSR count). The van der Waals surface area contributed by atoms with Crippen molar-refractivity contribution in [1.29, 1.82) is 10.5 Å². The Kier molecular flexibility index (Phi) is 16.1. The van der Waals surface area contributed by atoms with E-state index in [4.69, 9.17) is 18.9 Å². The van der Waals surface area contributed by atoms with E-state index in [0.29, 0.717) is 11.1 Å². The van der Waals surface area contributed by atoms with Crippen molar-refractivity contribution in [3.05, 3.63) is 155 Å². The van der Waals surface area contributed by atoms with Crippen LogP contribution in [0.1, 0.15) is 49.9 Å². The summed E-state index contributed by atoms with van der Waals surface area (Å²) in [6.07, 6.45) is 2.89. The average molecular weight is 821 g/mol. The van der Waals surface area contributed by atoms with Gasteiger partial charge in [0.25, 0.3) is 0 Å². The molecule has 0 saturated carbocycles. The summed E-state index contributed by atoms with van der Waals surface area (Å²) >= 11 is 0. The van der Waals surface area contributed by atoms with Crippen molar-refractivity contribution >= 4 is 58.8 Å². The van der Waals surface area contributed by atoms with Crippen molar-refractivity contribution in [2.24, 2.45) is 0 Å². The summed E-state index contributed by atoms with van der Waals surface area (Å²) < 4.78 is 20.0. The molecule has 0 aliphatic carbocycles. The van der Waals surface area contributed by atoms with Crippen LogP contribution in [0, 0.1) is 22.7 Å². The Balaban J connectivity index is 1.35. The molecular formula is C49H48N4O8. The first kappa shape index (κ1) is 46.0. The van der Waals surface area contributed by atoms with Crippen LogP contribution in [0.4, 0.5) is 22.7 Å². The molecule has 4 aromatic rings. The largest absolute Gasteiger partial charge is 0.459 e. The molecule has 12 heteroatoms. The monoisotopic (exact) mass is 820 g/mol. The Bertz CT molecular complexity index is 2230. The molecule has 312 valence electrons. The van der Waals surface area contributed by atoms with E-state index >= 15 is 0 Å². The predicted molar refractivity (Wildman–Crippen MR) is 235 cm³/mol. The summed E-state index contributed by atoms with van der Waals surface area (Å²) in [7, 11) is 3.92. The lowest BCUT2D eigenvalue weighted by molar-refractivity contribution is -0.147. The molecule has 0 saturated heterocycles. The molecule has 0 N–H and O–H groups in total. The minimum absolute atomic E-state index is 0.140. The van der Waals surface area contributed by atoms with Gasteiger partial charge in [0.2, 0.25) is 0 Å². The van der Waals surface area contributed by atoms with Gasteiger partial charge in [0.05, 0.1) is 0 Å². The zero-order chi connectivity index (χ0) is 44.7. The number of rotatable bonds is 18. The van der Waals surface area contributed by atoms with Crippen molar-refractivity contribution in [2.75, 3.05) is 50.3 Å². The molecule has 0 heterocycles. The van der Waals surface area contributed by atoms with Gasteiger partial charge in [-0.05, 0) is 96.8 Å². The second kappa shape index (κ2) is 21.3. The highest BCUT2D eigenvalue weighted by Crippen LogP contribution is 2.35. The second-order valence-electron chi connectivity index (χ2n) is 14.5.